The van der Waals surface area contributed by atoms with Gasteiger partial charge in [-0.25, -0.2) is 0 Å². The summed E-state index contributed by atoms with van der Waals surface area (Å²) in [7, 11) is 0. The zero-order valence-corrected chi connectivity index (χ0v) is 14.9. The van der Waals surface area contributed by atoms with E-state index in [2.05, 4.69) is 16.0 Å². The largest absolute Gasteiger partial charge is 0.315 e. The Morgan fingerprint density at radius 2 is 1.96 bits per heavy atom. The molecule has 142 valence electrons. The van der Waals surface area contributed by atoms with E-state index >= 15 is 0 Å². The molecule has 3 aliphatic rings. The van der Waals surface area contributed by atoms with Crippen LogP contribution in [0.15, 0.2) is 18.2 Å². The molecule has 0 bridgehead atoms. The lowest BCUT2D eigenvalue weighted by Crippen LogP contribution is -2.54. The Balaban J connectivity index is 1.55. The Morgan fingerprint density at radius 3 is 2.70 bits per heavy atom. The molecule has 1 aromatic carbocycles. The van der Waals surface area contributed by atoms with Gasteiger partial charge in [-0.15, -0.1) is 0 Å². The van der Waals surface area contributed by atoms with Gasteiger partial charge in [0.05, 0.1) is 11.1 Å². The van der Waals surface area contributed by atoms with Gasteiger partial charge in [-0.2, -0.15) is 0 Å². The van der Waals surface area contributed by atoms with Crippen LogP contribution >= 0.6 is 0 Å². The van der Waals surface area contributed by atoms with Gasteiger partial charge >= 0.3 is 0 Å². The first kappa shape index (κ1) is 17.8. The molecule has 27 heavy (non-hydrogen) atoms. The van der Waals surface area contributed by atoms with Gasteiger partial charge in [-0.3, -0.25) is 29.4 Å². The summed E-state index contributed by atoms with van der Waals surface area (Å²) in [6, 6.07) is 4.61. The van der Waals surface area contributed by atoms with E-state index in [0.29, 0.717) is 23.7 Å². The third-order valence-corrected chi connectivity index (χ3v) is 5.43. The van der Waals surface area contributed by atoms with Crippen LogP contribution in [-0.4, -0.2) is 53.7 Å². The Bertz CT molecular complexity index is 816. The van der Waals surface area contributed by atoms with Crippen LogP contribution in [-0.2, 0) is 16.1 Å². The Kier molecular flexibility index (Phi) is 4.75. The predicted octanol–water partition coefficient (Wildman–Crippen LogP) is -0.0706. The highest BCUT2D eigenvalue weighted by Crippen LogP contribution is 2.30. The van der Waals surface area contributed by atoms with Crippen molar-refractivity contribution in [3.63, 3.8) is 0 Å². The molecule has 2 fully saturated rings. The van der Waals surface area contributed by atoms with Gasteiger partial charge in [0.2, 0.25) is 11.8 Å². The van der Waals surface area contributed by atoms with Gasteiger partial charge < -0.3 is 10.6 Å². The molecule has 3 N–H and O–H groups in total. The van der Waals surface area contributed by atoms with Crippen LogP contribution in [0.5, 0.6) is 0 Å². The standard InChI is InChI=1S/C19H22N4O4/c24-15-7-6-14(17(25)22-15)23-18(26)13-5-1-3-11(16(13)19(23)27)9-21-12-4-2-8-20-10-12/h1,3,5,12,14,20-21H,2,4,6-10H2,(H,22,24,25). The molecule has 1 aromatic rings. The topological polar surface area (TPSA) is 108 Å². The van der Waals surface area contributed by atoms with Crippen molar-refractivity contribution in [1.29, 1.82) is 0 Å². The number of fused-ring (bicyclic) bond motifs is 1. The average Bonchev–Trinajstić information content (AvgIpc) is 2.93. The second kappa shape index (κ2) is 7.21. The number of imide groups is 2. The number of rotatable bonds is 4. The highest BCUT2D eigenvalue weighted by atomic mass is 16.2. The second-order valence-electron chi connectivity index (χ2n) is 7.21. The molecular weight excluding hydrogens is 348 g/mol. The van der Waals surface area contributed by atoms with E-state index in [1.54, 1.807) is 12.1 Å². The van der Waals surface area contributed by atoms with Crippen molar-refractivity contribution in [2.24, 2.45) is 0 Å². The van der Waals surface area contributed by atoms with Crippen molar-refractivity contribution >= 4 is 23.6 Å². The summed E-state index contributed by atoms with van der Waals surface area (Å²) in [5, 5.41) is 8.99. The molecule has 0 aliphatic carbocycles. The van der Waals surface area contributed by atoms with Crippen LogP contribution < -0.4 is 16.0 Å². The van der Waals surface area contributed by atoms with Gasteiger partial charge in [0.15, 0.2) is 0 Å². The molecule has 4 amide bonds. The first-order valence-corrected chi connectivity index (χ1v) is 9.34. The van der Waals surface area contributed by atoms with Gasteiger partial charge in [0.25, 0.3) is 11.8 Å². The quantitative estimate of drug-likeness (QED) is 0.641. The monoisotopic (exact) mass is 370 g/mol. The third-order valence-electron chi connectivity index (χ3n) is 5.43. The van der Waals surface area contributed by atoms with Crippen LogP contribution in [0.2, 0.25) is 0 Å². The molecule has 0 saturated carbocycles. The van der Waals surface area contributed by atoms with Gasteiger partial charge in [0.1, 0.15) is 6.04 Å². The van der Waals surface area contributed by atoms with Crippen LogP contribution in [0.3, 0.4) is 0 Å². The molecule has 8 nitrogen and oxygen atoms in total. The van der Waals surface area contributed by atoms with E-state index < -0.39 is 23.8 Å². The number of carbonyl (C=O) groups is 4. The Labute approximate surface area is 156 Å². The number of piperidine rings is 2. The van der Waals surface area contributed by atoms with Crippen molar-refractivity contribution < 1.29 is 19.2 Å². The summed E-state index contributed by atoms with van der Waals surface area (Å²) in [4.78, 5) is 50.3. The molecular formula is C19H22N4O4. The fourth-order valence-electron chi connectivity index (χ4n) is 4.01. The number of nitrogens with one attached hydrogen (secondary N) is 3. The van der Waals surface area contributed by atoms with Crippen LogP contribution in [0.4, 0.5) is 0 Å². The predicted molar refractivity (Wildman–Crippen MR) is 95.8 cm³/mol. The van der Waals surface area contributed by atoms with Crippen molar-refractivity contribution in [3.8, 4) is 0 Å². The van der Waals surface area contributed by atoms with Crippen molar-refractivity contribution in [1.82, 2.24) is 20.9 Å². The smallest absolute Gasteiger partial charge is 0.262 e. The van der Waals surface area contributed by atoms with Gasteiger partial charge in [-0.1, -0.05) is 12.1 Å². The van der Waals surface area contributed by atoms with Gasteiger partial charge in [0, 0.05) is 25.6 Å². The van der Waals surface area contributed by atoms with Crippen LogP contribution in [0, 0.1) is 0 Å². The summed E-state index contributed by atoms with van der Waals surface area (Å²) in [6.07, 6.45) is 2.45. The third kappa shape index (κ3) is 3.26. The molecule has 0 aromatic heterocycles. The number of benzene rings is 1. The zero-order chi connectivity index (χ0) is 19.0. The number of hydrogen-bond acceptors (Lipinski definition) is 6. The molecule has 2 atom stereocenters. The summed E-state index contributed by atoms with van der Waals surface area (Å²) >= 11 is 0. The fraction of sp³-hybridized carbons (Fsp3) is 0.474. The minimum absolute atomic E-state index is 0.118. The van der Waals surface area contributed by atoms with Crippen molar-refractivity contribution in [2.75, 3.05) is 13.1 Å². The highest BCUT2D eigenvalue weighted by Gasteiger charge is 2.45. The Hall–Kier alpha value is -2.58. The molecule has 8 heteroatoms. The summed E-state index contributed by atoms with van der Waals surface area (Å²) < 4.78 is 0. The lowest BCUT2D eigenvalue weighted by Gasteiger charge is -2.28. The zero-order valence-electron chi connectivity index (χ0n) is 14.9. The lowest BCUT2D eigenvalue weighted by atomic mass is 10.0. The van der Waals surface area contributed by atoms with Crippen LogP contribution in [0.25, 0.3) is 0 Å². The molecule has 2 saturated heterocycles. The summed E-state index contributed by atoms with van der Waals surface area (Å²) in [5.74, 6) is -1.89. The van der Waals surface area contributed by atoms with E-state index in [0.717, 1.165) is 36.4 Å². The second-order valence-corrected chi connectivity index (χ2v) is 7.21. The Morgan fingerprint density at radius 1 is 1.11 bits per heavy atom. The molecule has 3 aliphatic heterocycles. The minimum Gasteiger partial charge on any atom is -0.315 e. The SMILES string of the molecule is O=C1CCC(N2C(=O)c3cccc(CNC4CCCNC4)c3C2=O)C(=O)N1. The normalized spacial score (nSPS) is 25.6. The molecule has 4 rings (SSSR count). The highest BCUT2D eigenvalue weighted by molar-refractivity contribution is 6.24. The maximum absolute atomic E-state index is 13.0. The maximum Gasteiger partial charge on any atom is 0.262 e. The summed E-state index contributed by atoms with van der Waals surface area (Å²) in [6.45, 7) is 2.38. The van der Waals surface area contributed by atoms with Crippen LogP contribution in [0.1, 0.15) is 52.0 Å². The minimum atomic E-state index is -0.932. The molecule has 2 unspecified atom stereocenters. The molecule has 0 radical (unpaired) electrons. The van der Waals surface area contributed by atoms with E-state index in [4.69, 9.17) is 0 Å². The molecule has 0 spiro atoms. The van der Waals surface area contributed by atoms with E-state index in [1.807, 2.05) is 6.07 Å². The van der Waals surface area contributed by atoms with E-state index in [-0.39, 0.29) is 18.7 Å². The van der Waals surface area contributed by atoms with Gasteiger partial charge in [-0.05, 0) is 37.4 Å². The average molecular weight is 370 g/mol. The number of nitrogens with zero attached hydrogens (tertiary/aromatic N) is 1. The first-order valence-electron chi connectivity index (χ1n) is 9.34. The molecule has 3 heterocycles. The van der Waals surface area contributed by atoms with E-state index in [9.17, 15) is 19.2 Å². The number of carbonyl (C=O) groups excluding carboxylic acids is 4. The number of hydrogen-bond donors (Lipinski definition) is 3. The fourth-order valence-corrected chi connectivity index (χ4v) is 4.01. The first-order chi connectivity index (χ1) is 13.1. The van der Waals surface area contributed by atoms with E-state index in [1.165, 1.54) is 0 Å². The summed E-state index contributed by atoms with van der Waals surface area (Å²) in [5.41, 5.74) is 1.44. The maximum atomic E-state index is 13.0. The van der Waals surface area contributed by atoms with Crippen molar-refractivity contribution in [2.45, 2.75) is 44.3 Å². The number of amides is 4. The van der Waals surface area contributed by atoms with Crippen molar-refractivity contribution in [3.05, 3.63) is 34.9 Å². The lowest BCUT2D eigenvalue weighted by molar-refractivity contribution is -0.136.